The summed E-state index contributed by atoms with van der Waals surface area (Å²) in [4.78, 5) is 26.3. The van der Waals surface area contributed by atoms with E-state index >= 15 is 0 Å². The number of benzene rings is 2. The van der Waals surface area contributed by atoms with Gasteiger partial charge in [-0.15, -0.1) is 0 Å². The third kappa shape index (κ3) is 8.78. The Balaban J connectivity index is 1.40. The Hall–Kier alpha value is -3.43. The third-order valence-electron chi connectivity index (χ3n) is 6.86. The van der Waals surface area contributed by atoms with Crippen molar-refractivity contribution >= 4 is 46.3 Å². The summed E-state index contributed by atoms with van der Waals surface area (Å²) in [5.41, 5.74) is 3.45. The van der Waals surface area contributed by atoms with Crippen LogP contribution in [0, 0.1) is 0 Å². The average Bonchev–Trinajstić information content (AvgIpc) is 3.51. The molecule has 41 heavy (non-hydrogen) atoms. The molecule has 3 aromatic rings. The first kappa shape index (κ1) is 30.5. The number of nitrogens with zero attached hydrogens (tertiary/aromatic N) is 3. The second-order valence-electron chi connectivity index (χ2n) is 9.98. The molecular weight excluding hydrogens is 555 g/mol. The minimum atomic E-state index is -0.717. The van der Waals surface area contributed by atoms with E-state index in [1.807, 2.05) is 78.5 Å². The summed E-state index contributed by atoms with van der Waals surface area (Å²) in [6, 6.07) is 17.8. The lowest BCUT2D eigenvalue weighted by Crippen LogP contribution is -2.29. The lowest BCUT2D eigenvalue weighted by atomic mass is 10.1. The largest absolute Gasteiger partial charge is 0.494 e. The molecule has 1 aliphatic heterocycles. The second kappa shape index (κ2) is 15.5. The highest BCUT2D eigenvalue weighted by molar-refractivity contribution is 8.26. The van der Waals surface area contributed by atoms with E-state index < -0.39 is 5.97 Å². The Morgan fingerprint density at radius 2 is 1.71 bits per heavy atom. The van der Waals surface area contributed by atoms with E-state index in [1.54, 1.807) is 4.90 Å². The number of carboxylic acid groups (broad SMARTS) is 1. The number of para-hydroxylation sites is 1. The number of aromatic nitrogens is 2. The Bertz CT molecular complexity index is 1370. The number of amides is 1. The minimum Gasteiger partial charge on any atom is -0.494 e. The zero-order chi connectivity index (χ0) is 29.0. The minimum absolute atomic E-state index is 0.0556. The number of thiocarbonyl (C=S) groups is 1. The lowest BCUT2D eigenvalue weighted by molar-refractivity contribution is -0.137. The van der Waals surface area contributed by atoms with Crippen LogP contribution < -0.4 is 4.74 Å². The summed E-state index contributed by atoms with van der Waals surface area (Å²) < 4.78 is 8.15. The van der Waals surface area contributed by atoms with Crippen molar-refractivity contribution in [3.05, 3.63) is 71.3 Å². The van der Waals surface area contributed by atoms with E-state index in [0.717, 1.165) is 79.6 Å². The van der Waals surface area contributed by atoms with E-state index in [0.29, 0.717) is 22.4 Å². The van der Waals surface area contributed by atoms with E-state index in [1.165, 1.54) is 11.8 Å². The summed E-state index contributed by atoms with van der Waals surface area (Å²) in [7, 11) is 0. The Morgan fingerprint density at radius 1 is 1.00 bits per heavy atom. The van der Waals surface area contributed by atoms with Gasteiger partial charge in [-0.25, -0.2) is 4.68 Å². The van der Waals surface area contributed by atoms with E-state index in [9.17, 15) is 9.59 Å². The van der Waals surface area contributed by atoms with Gasteiger partial charge in [0.1, 0.15) is 15.8 Å². The van der Waals surface area contributed by atoms with Crippen LogP contribution >= 0.6 is 24.0 Å². The van der Waals surface area contributed by atoms with Crippen molar-refractivity contribution in [2.45, 2.75) is 64.7 Å². The summed E-state index contributed by atoms with van der Waals surface area (Å²) in [5, 5.41) is 13.6. The fraction of sp³-hybridized carbons (Fsp3) is 0.375. The third-order valence-corrected chi connectivity index (χ3v) is 8.24. The van der Waals surface area contributed by atoms with Crippen LogP contribution in [0.15, 0.2) is 65.7 Å². The molecule has 0 aliphatic carbocycles. The van der Waals surface area contributed by atoms with Gasteiger partial charge < -0.3 is 9.84 Å². The quantitative estimate of drug-likeness (QED) is 0.104. The Labute approximate surface area is 251 Å². The molecule has 1 amide bonds. The van der Waals surface area contributed by atoms with Crippen LogP contribution in [-0.2, 0) is 9.59 Å². The van der Waals surface area contributed by atoms with Gasteiger partial charge >= 0.3 is 5.97 Å². The molecule has 0 unspecified atom stereocenters. The molecule has 2 heterocycles. The zero-order valence-corrected chi connectivity index (χ0v) is 25.1. The summed E-state index contributed by atoms with van der Waals surface area (Å²) in [5.74, 6) is 0.000150. The van der Waals surface area contributed by atoms with Crippen molar-refractivity contribution in [3.8, 4) is 22.7 Å². The fourth-order valence-corrected chi connectivity index (χ4v) is 6.07. The van der Waals surface area contributed by atoms with Crippen LogP contribution in [0.25, 0.3) is 23.0 Å². The van der Waals surface area contributed by atoms with Crippen molar-refractivity contribution in [2.75, 3.05) is 13.2 Å². The number of hydrogen-bond acceptors (Lipinski definition) is 6. The number of rotatable bonds is 16. The molecule has 4 rings (SSSR count). The summed E-state index contributed by atoms with van der Waals surface area (Å²) >= 11 is 6.94. The maximum Gasteiger partial charge on any atom is 0.303 e. The van der Waals surface area contributed by atoms with Gasteiger partial charge in [-0.3, -0.25) is 14.5 Å². The van der Waals surface area contributed by atoms with Crippen molar-refractivity contribution in [3.63, 3.8) is 0 Å². The van der Waals surface area contributed by atoms with Gasteiger partial charge in [0.2, 0.25) is 0 Å². The van der Waals surface area contributed by atoms with E-state index in [-0.39, 0.29) is 12.3 Å². The Kier molecular flexibility index (Phi) is 11.6. The SMILES string of the molecule is CCOc1cccc(-c2nn(-c3ccccc3)cc2/C=C2\SC(=S)N(CCCCCCCCCCC(=O)O)C2=O)c1. The van der Waals surface area contributed by atoms with Crippen LogP contribution in [-0.4, -0.2) is 49.1 Å². The van der Waals surface area contributed by atoms with Crippen molar-refractivity contribution < 1.29 is 19.4 Å². The van der Waals surface area contributed by atoms with Crippen LogP contribution in [0.2, 0.25) is 0 Å². The maximum atomic E-state index is 13.4. The first-order valence-corrected chi connectivity index (χ1v) is 15.5. The molecule has 7 nitrogen and oxygen atoms in total. The van der Waals surface area contributed by atoms with Crippen LogP contribution in [0.5, 0.6) is 5.75 Å². The molecule has 1 fully saturated rings. The molecule has 1 N–H and O–H groups in total. The average molecular weight is 592 g/mol. The van der Waals surface area contributed by atoms with Gasteiger partial charge in [0.25, 0.3) is 5.91 Å². The molecule has 1 saturated heterocycles. The van der Waals surface area contributed by atoms with E-state index in [4.69, 9.17) is 27.2 Å². The van der Waals surface area contributed by atoms with Gasteiger partial charge in [0.15, 0.2) is 0 Å². The normalized spacial score (nSPS) is 14.3. The molecule has 9 heteroatoms. The second-order valence-corrected chi connectivity index (χ2v) is 11.7. The molecule has 1 aromatic heterocycles. The number of thioether (sulfide) groups is 1. The number of carbonyl (C=O) groups is 2. The molecule has 0 radical (unpaired) electrons. The number of ether oxygens (including phenoxy) is 1. The topological polar surface area (TPSA) is 84.7 Å². The highest BCUT2D eigenvalue weighted by Crippen LogP contribution is 2.35. The Morgan fingerprint density at radius 3 is 2.41 bits per heavy atom. The molecule has 0 saturated carbocycles. The lowest BCUT2D eigenvalue weighted by Gasteiger charge is -2.14. The van der Waals surface area contributed by atoms with Gasteiger partial charge in [-0.2, -0.15) is 5.10 Å². The van der Waals surface area contributed by atoms with Gasteiger partial charge in [-0.1, -0.05) is 92.8 Å². The summed E-state index contributed by atoms with van der Waals surface area (Å²) in [6.07, 6.45) is 12.2. The van der Waals surface area contributed by atoms with Crippen molar-refractivity contribution in [1.29, 1.82) is 0 Å². The van der Waals surface area contributed by atoms with Crippen LogP contribution in [0.3, 0.4) is 0 Å². The molecule has 216 valence electrons. The predicted octanol–water partition coefficient (Wildman–Crippen LogP) is 7.73. The molecule has 1 aliphatic rings. The number of aliphatic carboxylic acids is 1. The highest BCUT2D eigenvalue weighted by Gasteiger charge is 2.32. The first-order chi connectivity index (χ1) is 20.0. The number of carbonyl (C=O) groups excluding carboxylic acids is 1. The number of hydrogen-bond donors (Lipinski definition) is 1. The molecule has 0 bridgehead atoms. The molecule has 2 aromatic carbocycles. The van der Waals surface area contributed by atoms with Gasteiger partial charge in [-0.05, 0) is 50.1 Å². The predicted molar refractivity (Wildman–Crippen MR) is 169 cm³/mol. The smallest absolute Gasteiger partial charge is 0.303 e. The number of carboxylic acids is 1. The zero-order valence-electron chi connectivity index (χ0n) is 23.5. The van der Waals surface area contributed by atoms with Crippen LogP contribution in [0.1, 0.15) is 70.3 Å². The van der Waals surface area contributed by atoms with Crippen LogP contribution in [0.4, 0.5) is 0 Å². The van der Waals surface area contributed by atoms with Gasteiger partial charge in [0, 0.05) is 30.3 Å². The monoisotopic (exact) mass is 591 g/mol. The highest BCUT2D eigenvalue weighted by atomic mass is 32.2. The van der Waals surface area contributed by atoms with E-state index in [2.05, 4.69) is 0 Å². The molecule has 0 atom stereocenters. The molecule has 0 spiro atoms. The molecular formula is C32H37N3O4S2. The fourth-order valence-electron chi connectivity index (χ4n) is 4.77. The van der Waals surface area contributed by atoms with Crippen molar-refractivity contribution in [1.82, 2.24) is 14.7 Å². The first-order valence-electron chi connectivity index (χ1n) is 14.3. The number of unbranched alkanes of at least 4 members (excludes halogenated alkanes) is 7. The summed E-state index contributed by atoms with van der Waals surface area (Å²) in [6.45, 7) is 3.15. The maximum absolute atomic E-state index is 13.4. The van der Waals surface area contributed by atoms with Crippen molar-refractivity contribution in [2.24, 2.45) is 0 Å². The standard InChI is InChI=1S/C32H37N3O4S2/c1-2-39-27-18-14-15-24(21-27)30-25(23-35(33-30)26-16-10-9-11-17-26)22-28-31(38)34(32(40)41-28)20-13-8-6-4-3-5-7-12-19-29(36)37/h9-11,14-18,21-23H,2-8,12-13,19-20H2,1H3,(H,36,37)/b28-22-. The van der Waals surface area contributed by atoms with Gasteiger partial charge in [0.05, 0.1) is 17.2 Å².